The number of para-hydroxylation sites is 1. The van der Waals surface area contributed by atoms with E-state index in [-0.39, 0.29) is 35.5 Å². The number of fused-ring (bicyclic) bond motifs is 5. The van der Waals surface area contributed by atoms with Gasteiger partial charge in [0.1, 0.15) is 0 Å². The first-order valence-corrected chi connectivity index (χ1v) is 9.26. The lowest BCUT2D eigenvalue weighted by atomic mass is 9.62. The minimum atomic E-state index is -0.161. The molecule has 3 heteroatoms. The van der Waals surface area contributed by atoms with E-state index in [9.17, 15) is 9.59 Å². The lowest BCUT2D eigenvalue weighted by molar-refractivity contribution is -0.122. The molecule has 0 unspecified atom stereocenters. The first-order valence-electron chi connectivity index (χ1n) is 9.26. The number of allylic oxidation sites excluding steroid dienone is 2. The molecule has 124 valence electrons. The molecule has 5 rings (SSSR count). The molecule has 3 nitrogen and oxygen atoms in total. The molecule has 0 radical (unpaired) electrons. The summed E-state index contributed by atoms with van der Waals surface area (Å²) in [7, 11) is 0. The van der Waals surface area contributed by atoms with Gasteiger partial charge in [0.25, 0.3) is 0 Å². The van der Waals surface area contributed by atoms with Crippen molar-refractivity contribution >= 4 is 17.5 Å². The molecule has 1 saturated heterocycles. The molecule has 2 amide bonds. The van der Waals surface area contributed by atoms with Crippen LogP contribution in [0.25, 0.3) is 0 Å². The third-order valence-corrected chi connectivity index (χ3v) is 7.12. The molecule has 2 fully saturated rings. The molecule has 3 aliphatic carbocycles. The summed E-state index contributed by atoms with van der Waals surface area (Å²) in [5.74, 6) is 1.52. The Morgan fingerprint density at radius 2 is 1.33 bits per heavy atom. The molecule has 0 aromatic heterocycles. The van der Waals surface area contributed by atoms with Crippen molar-refractivity contribution in [3.05, 3.63) is 41.5 Å². The van der Waals surface area contributed by atoms with Crippen molar-refractivity contribution in [3.63, 3.8) is 0 Å². The second-order valence-corrected chi connectivity index (χ2v) is 8.09. The number of rotatable bonds is 1. The smallest absolute Gasteiger partial charge is 0.238 e. The fourth-order valence-electron chi connectivity index (χ4n) is 6.27. The Balaban J connectivity index is 1.60. The predicted molar refractivity (Wildman–Crippen MR) is 92.1 cm³/mol. The van der Waals surface area contributed by atoms with Crippen molar-refractivity contribution in [2.75, 3.05) is 4.90 Å². The van der Waals surface area contributed by atoms with Crippen LogP contribution in [0.4, 0.5) is 5.69 Å². The summed E-state index contributed by atoms with van der Waals surface area (Å²) in [6.07, 6.45) is 3.83. The fourth-order valence-corrected chi connectivity index (χ4v) is 6.27. The molecule has 1 heterocycles. The Morgan fingerprint density at radius 3 is 1.83 bits per heavy atom. The van der Waals surface area contributed by atoms with Crippen LogP contribution >= 0.6 is 0 Å². The van der Waals surface area contributed by atoms with Gasteiger partial charge in [0.15, 0.2) is 0 Å². The normalized spacial score (nSPS) is 40.3. The van der Waals surface area contributed by atoms with Crippen molar-refractivity contribution < 1.29 is 9.59 Å². The molecule has 0 N–H and O–H groups in total. The molecule has 1 saturated carbocycles. The van der Waals surface area contributed by atoms with E-state index in [2.05, 4.69) is 13.8 Å². The van der Waals surface area contributed by atoms with Gasteiger partial charge in [0.05, 0.1) is 17.5 Å². The monoisotopic (exact) mass is 321 g/mol. The van der Waals surface area contributed by atoms with Gasteiger partial charge in [-0.05, 0) is 55.1 Å². The third kappa shape index (κ3) is 1.63. The van der Waals surface area contributed by atoms with Gasteiger partial charge in [0, 0.05) is 0 Å². The topological polar surface area (TPSA) is 37.4 Å². The Kier molecular flexibility index (Phi) is 2.89. The molecule has 2 bridgehead atoms. The molecular formula is C21H23NO2. The largest absolute Gasteiger partial charge is 0.274 e. The number of amides is 2. The number of benzene rings is 1. The van der Waals surface area contributed by atoms with Crippen LogP contribution in [0, 0.1) is 35.5 Å². The first-order chi connectivity index (χ1) is 11.6. The van der Waals surface area contributed by atoms with Gasteiger partial charge in [-0.25, -0.2) is 0 Å². The van der Waals surface area contributed by atoms with Crippen LogP contribution in [0.5, 0.6) is 0 Å². The zero-order chi connectivity index (χ0) is 16.6. The fraction of sp³-hybridized carbons (Fsp3) is 0.524. The van der Waals surface area contributed by atoms with Crippen molar-refractivity contribution in [1.82, 2.24) is 0 Å². The molecule has 1 aromatic rings. The summed E-state index contributed by atoms with van der Waals surface area (Å²) in [6.45, 7) is 4.39. The molecule has 1 aromatic carbocycles. The molecule has 1 aliphatic heterocycles. The van der Waals surface area contributed by atoms with E-state index >= 15 is 0 Å². The number of anilines is 1. The van der Waals surface area contributed by atoms with E-state index < -0.39 is 0 Å². The van der Waals surface area contributed by atoms with Crippen LogP contribution in [-0.4, -0.2) is 11.8 Å². The van der Waals surface area contributed by atoms with Crippen LogP contribution in [0.2, 0.25) is 0 Å². The number of carbonyl (C=O) groups is 2. The molecule has 24 heavy (non-hydrogen) atoms. The average Bonchev–Trinajstić information content (AvgIpc) is 3.26. The molecule has 0 spiro atoms. The highest BCUT2D eigenvalue weighted by Gasteiger charge is 2.59. The van der Waals surface area contributed by atoms with Crippen LogP contribution in [0.15, 0.2) is 41.5 Å². The summed E-state index contributed by atoms with van der Waals surface area (Å²) in [5.41, 5.74) is 3.83. The van der Waals surface area contributed by atoms with Crippen molar-refractivity contribution in [2.45, 2.75) is 33.1 Å². The van der Waals surface area contributed by atoms with Crippen molar-refractivity contribution in [2.24, 2.45) is 35.5 Å². The second kappa shape index (κ2) is 4.81. The van der Waals surface area contributed by atoms with Gasteiger partial charge in [0.2, 0.25) is 11.8 Å². The summed E-state index contributed by atoms with van der Waals surface area (Å²) in [4.78, 5) is 27.8. The number of imide groups is 1. The lowest BCUT2D eigenvalue weighted by Gasteiger charge is -2.39. The van der Waals surface area contributed by atoms with Gasteiger partial charge in [-0.1, -0.05) is 43.2 Å². The summed E-state index contributed by atoms with van der Waals surface area (Å²) >= 11 is 0. The van der Waals surface area contributed by atoms with Crippen LogP contribution < -0.4 is 4.90 Å². The van der Waals surface area contributed by atoms with Crippen LogP contribution in [0.3, 0.4) is 0 Å². The Labute approximate surface area is 142 Å². The van der Waals surface area contributed by atoms with Crippen LogP contribution in [0.1, 0.15) is 33.1 Å². The van der Waals surface area contributed by atoms with E-state index in [0.29, 0.717) is 11.8 Å². The highest BCUT2D eigenvalue weighted by Crippen LogP contribution is 2.61. The van der Waals surface area contributed by atoms with Gasteiger partial charge < -0.3 is 0 Å². The minimum Gasteiger partial charge on any atom is -0.274 e. The number of carbonyl (C=O) groups excluding carboxylic acids is 2. The van der Waals surface area contributed by atoms with E-state index in [1.54, 1.807) is 11.1 Å². The number of hydrogen-bond acceptors (Lipinski definition) is 2. The summed E-state index contributed by atoms with van der Waals surface area (Å²) in [6, 6.07) is 9.44. The Bertz CT molecular complexity index is 721. The SMILES string of the molecule is C[C@@H]1C2=C([C@H]3CC[C@H]2C3)[C@H](C)[C@H]2C(=O)N(c3ccccc3)C(=O)[C@H]21. The highest BCUT2D eigenvalue weighted by molar-refractivity contribution is 6.22. The lowest BCUT2D eigenvalue weighted by Crippen LogP contribution is -2.38. The molecular weight excluding hydrogens is 298 g/mol. The zero-order valence-corrected chi connectivity index (χ0v) is 14.2. The second-order valence-electron chi connectivity index (χ2n) is 8.09. The van der Waals surface area contributed by atoms with Gasteiger partial charge >= 0.3 is 0 Å². The molecule has 6 atom stereocenters. The predicted octanol–water partition coefficient (Wildman–Crippen LogP) is 3.80. The van der Waals surface area contributed by atoms with E-state index in [1.807, 2.05) is 30.3 Å². The van der Waals surface area contributed by atoms with E-state index in [4.69, 9.17) is 0 Å². The number of hydrogen-bond donors (Lipinski definition) is 0. The minimum absolute atomic E-state index is 0.0184. The van der Waals surface area contributed by atoms with E-state index in [1.165, 1.54) is 24.2 Å². The number of nitrogens with zero attached hydrogens (tertiary/aromatic N) is 1. The Morgan fingerprint density at radius 1 is 0.833 bits per heavy atom. The van der Waals surface area contributed by atoms with Gasteiger partial charge in [-0.15, -0.1) is 0 Å². The zero-order valence-electron chi connectivity index (χ0n) is 14.2. The molecule has 4 aliphatic rings. The summed E-state index contributed by atoms with van der Waals surface area (Å²) in [5, 5.41) is 0. The summed E-state index contributed by atoms with van der Waals surface area (Å²) < 4.78 is 0. The van der Waals surface area contributed by atoms with Crippen LogP contribution in [-0.2, 0) is 9.59 Å². The van der Waals surface area contributed by atoms with Crippen molar-refractivity contribution in [1.29, 1.82) is 0 Å². The quantitative estimate of drug-likeness (QED) is 0.583. The average molecular weight is 321 g/mol. The van der Waals surface area contributed by atoms with Crippen molar-refractivity contribution in [3.8, 4) is 0 Å². The maximum absolute atomic E-state index is 13.2. The highest BCUT2D eigenvalue weighted by atomic mass is 16.2. The van der Waals surface area contributed by atoms with Gasteiger partial charge in [-0.2, -0.15) is 0 Å². The van der Waals surface area contributed by atoms with Gasteiger partial charge in [-0.3, -0.25) is 14.5 Å². The maximum atomic E-state index is 13.2. The third-order valence-electron chi connectivity index (χ3n) is 7.12. The Hall–Kier alpha value is -1.90. The van der Waals surface area contributed by atoms with E-state index in [0.717, 1.165) is 5.69 Å². The maximum Gasteiger partial charge on any atom is 0.238 e. The standard InChI is InChI=1S/C21H23NO2/c1-11-16-13-8-9-14(10-13)17(16)12(2)19-18(11)20(23)22(21(19)24)15-6-4-3-5-7-15/h3-7,11-14,18-19H,8-10H2,1-2H3/t11-,12+,13-,14-,18+,19-/m0/s1. The first kappa shape index (κ1) is 14.4.